The molecule has 0 fully saturated rings. The molecule has 0 saturated carbocycles. The van der Waals surface area contributed by atoms with Gasteiger partial charge in [-0.15, -0.1) is 11.3 Å². The van der Waals surface area contributed by atoms with Crippen LogP contribution in [0.3, 0.4) is 0 Å². The molecule has 31 heavy (non-hydrogen) atoms. The van der Waals surface area contributed by atoms with E-state index in [2.05, 4.69) is 17.3 Å². The van der Waals surface area contributed by atoms with Gasteiger partial charge in [0.1, 0.15) is 10.7 Å². The van der Waals surface area contributed by atoms with E-state index in [1.165, 1.54) is 25.3 Å². The van der Waals surface area contributed by atoms with Crippen molar-refractivity contribution in [2.75, 3.05) is 19.0 Å². The summed E-state index contributed by atoms with van der Waals surface area (Å²) in [5.41, 5.74) is 1.43. The summed E-state index contributed by atoms with van der Waals surface area (Å²) in [7, 11) is 1.46. The Morgan fingerprint density at radius 3 is 2.68 bits per heavy atom. The van der Waals surface area contributed by atoms with Crippen LogP contribution in [0.4, 0.5) is 5.00 Å². The van der Waals surface area contributed by atoms with E-state index in [4.69, 9.17) is 9.47 Å². The van der Waals surface area contributed by atoms with Crippen molar-refractivity contribution in [2.24, 2.45) is 11.0 Å². The molecule has 1 aliphatic heterocycles. The Labute approximate surface area is 184 Å². The molecule has 1 N–H and O–H groups in total. The van der Waals surface area contributed by atoms with Crippen LogP contribution in [0, 0.1) is 5.92 Å². The number of esters is 2. The van der Waals surface area contributed by atoms with Gasteiger partial charge in [-0.05, 0) is 44.6 Å². The lowest BCUT2D eigenvalue weighted by Crippen LogP contribution is -2.36. The number of hydrogen-bond donors (Lipinski definition) is 1. The molecule has 2 heterocycles. The zero-order valence-corrected chi connectivity index (χ0v) is 19.0. The number of hydrazone groups is 1. The predicted molar refractivity (Wildman–Crippen MR) is 115 cm³/mol. The second kappa shape index (κ2) is 9.59. The van der Waals surface area contributed by atoms with Crippen molar-refractivity contribution in [1.29, 1.82) is 0 Å². The molecule has 2 aliphatic rings. The van der Waals surface area contributed by atoms with Crippen LogP contribution in [0.2, 0.25) is 0 Å². The number of thiophene rings is 1. The Morgan fingerprint density at radius 1 is 1.26 bits per heavy atom. The Kier molecular flexibility index (Phi) is 7.09. The molecule has 10 heteroatoms. The highest BCUT2D eigenvalue weighted by Gasteiger charge is 2.31. The van der Waals surface area contributed by atoms with E-state index in [-0.39, 0.29) is 31.1 Å². The quantitative estimate of drug-likeness (QED) is 0.668. The number of ether oxygens (including phenoxy) is 2. The molecule has 1 aromatic rings. The summed E-state index contributed by atoms with van der Waals surface area (Å²) < 4.78 is 10.5. The van der Waals surface area contributed by atoms with Gasteiger partial charge in [0.15, 0.2) is 6.10 Å². The summed E-state index contributed by atoms with van der Waals surface area (Å²) in [6.07, 6.45) is 1.79. The minimum Gasteiger partial charge on any atom is -0.462 e. The number of rotatable bonds is 6. The number of anilines is 1. The first-order valence-electron chi connectivity index (χ1n) is 10.4. The number of carbonyl (C=O) groups is 4. The summed E-state index contributed by atoms with van der Waals surface area (Å²) in [4.78, 5) is 50.2. The molecule has 2 amide bonds. The van der Waals surface area contributed by atoms with Crippen LogP contribution in [0.1, 0.15) is 60.8 Å². The Balaban J connectivity index is 1.73. The van der Waals surface area contributed by atoms with Gasteiger partial charge in [-0.25, -0.2) is 14.6 Å². The first-order valence-corrected chi connectivity index (χ1v) is 11.2. The van der Waals surface area contributed by atoms with E-state index in [0.717, 1.165) is 34.7 Å². The molecule has 2 atom stereocenters. The standard InChI is InChI=1S/C21H27N3O6S/c1-5-29-21(28)17-13-7-6-11(2)10-15(13)31-19(17)22-18(26)12(3)30-20(27)14-8-9-16(25)24(4)23-14/h11-12H,5-10H2,1-4H3,(H,22,26). The van der Waals surface area contributed by atoms with Crippen LogP contribution < -0.4 is 5.32 Å². The van der Waals surface area contributed by atoms with Gasteiger partial charge in [0.25, 0.3) is 5.91 Å². The second-order valence-corrected chi connectivity index (χ2v) is 8.88. The van der Waals surface area contributed by atoms with Crippen LogP contribution in [-0.2, 0) is 36.7 Å². The molecular weight excluding hydrogens is 422 g/mol. The van der Waals surface area contributed by atoms with Gasteiger partial charge in [-0.3, -0.25) is 9.59 Å². The number of amides is 2. The molecule has 1 aliphatic carbocycles. The zero-order chi connectivity index (χ0) is 22.7. The molecule has 2 unspecified atom stereocenters. The Bertz CT molecular complexity index is 938. The van der Waals surface area contributed by atoms with E-state index in [9.17, 15) is 19.2 Å². The van der Waals surface area contributed by atoms with E-state index < -0.39 is 23.9 Å². The van der Waals surface area contributed by atoms with Gasteiger partial charge in [-0.1, -0.05) is 6.92 Å². The smallest absolute Gasteiger partial charge is 0.355 e. The minimum atomic E-state index is -1.11. The van der Waals surface area contributed by atoms with Crippen molar-refractivity contribution in [3.63, 3.8) is 0 Å². The van der Waals surface area contributed by atoms with E-state index >= 15 is 0 Å². The van der Waals surface area contributed by atoms with Crippen LogP contribution in [0.5, 0.6) is 0 Å². The van der Waals surface area contributed by atoms with Gasteiger partial charge in [0, 0.05) is 24.8 Å². The minimum absolute atomic E-state index is 0.0922. The number of hydrogen-bond acceptors (Lipinski definition) is 8. The molecule has 9 nitrogen and oxygen atoms in total. The van der Waals surface area contributed by atoms with Crippen molar-refractivity contribution >= 4 is 45.8 Å². The summed E-state index contributed by atoms with van der Waals surface area (Å²) in [5, 5.41) is 8.16. The fourth-order valence-corrected chi connectivity index (χ4v) is 4.97. The monoisotopic (exact) mass is 449 g/mol. The molecule has 3 rings (SSSR count). The fourth-order valence-electron chi connectivity index (χ4n) is 3.57. The third-order valence-electron chi connectivity index (χ3n) is 5.32. The molecule has 168 valence electrons. The van der Waals surface area contributed by atoms with Crippen molar-refractivity contribution in [3.05, 3.63) is 16.0 Å². The average molecular weight is 450 g/mol. The second-order valence-electron chi connectivity index (χ2n) is 7.78. The highest BCUT2D eigenvalue weighted by atomic mass is 32.1. The van der Waals surface area contributed by atoms with Gasteiger partial charge in [-0.2, -0.15) is 5.10 Å². The predicted octanol–water partition coefficient (Wildman–Crippen LogP) is 2.53. The normalized spacial score (nSPS) is 19.2. The number of nitrogens with zero attached hydrogens (tertiary/aromatic N) is 2. The molecule has 0 saturated heterocycles. The van der Waals surface area contributed by atoms with Gasteiger partial charge < -0.3 is 14.8 Å². The number of nitrogens with one attached hydrogen (secondary N) is 1. The van der Waals surface area contributed by atoms with Crippen LogP contribution in [0.25, 0.3) is 0 Å². The van der Waals surface area contributed by atoms with Gasteiger partial charge in [0.05, 0.1) is 12.2 Å². The first kappa shape index (κ1) is 22.9. The fraction of sp³-hybridized carbons (Fsp3) is 0.571. The van der Waals surface area contributed by atoms with Crippen molar-refractivity contribution in [2.45, 2.75) is 59.0 Å². The van der Waals surface area contributed by atoms with Crippen molar-refractivity contribution in [1.82, 2.24) is 5.01 Å². The van der Waals surface area contributed by atoms with Crippen molar-refractivity contribution < 1.29 is 28.7 Å². The van der Waals surface area contributed by atoms with Gasteiger partial charge in [0.2, 0.25) is 5.91 Å². The maximum atomic E-state index is 12.7. The lowest BCUT2D eigenvalue weighted by molar-refractivity contribution is -0.146. The first-order chi connectivity index (χ1) is 14.7. The maximum absolute atomic E-state index is 12.7. The highest BCUT2D eigenvalue weighted by molar-refractivity contribution is 7.17. The Hall–Kier alpha value is -2.75. The van der Waals surface area contributed by atoms with E-state index in [1.807, 2.05) is 0 Å². The zero-order valence-electron chi connectivity index (χ0n) is 18.1. The lowest BCUT2D eigenvalue weighted by Gasteiger charge is -2.20. The SMILES string of the molecule is CCOC(=O)c1c(NC(=O)C(C)OC(=O)C2=NN(C)C(=O)CC2)sc2c1CCC(C)C2. The highest BCUT2D eigenvalue weighted by Crippen LogP contribution is 2.40. The topological polar surface area (TPSA) is 114 Å². The summed E-state index contributed by atoms with van der Waals surface area (Å²) >= 11 is 1.37. The van der Waals surface area contributed by atoms with E-state index in [0.29, 0.717) is 16.5 Å². The van der Waals surface area contributed by atoms with Crippen LogP contribution >= 0.6 is 11.3 Å². The average Bonchev–Trinajstić information content (AvgIpc) is 3.06. The molecular formula is C21H27N3O6S. The molecule has 0 aromatic carbocycles. The molecule has 0 radical (unpaired) electrons. The lowest BCUT2D eigenvalue weighted by atomic mass is 9.88. The summed E-state index contributed by atoms with van der Waals surface area (Å²) in [6, 6.07) is 0. The number of carbonyl (C=O) groups excluding carboxylic acids is 4. The van der Waals surface area contributed by atoms with E-state index in [1.54, 1.807) is 6.92 Å². The van der Waals surface area contributed by atoms with Gasteiger partial charge >= 0.3 is 11.9 Å². The third kappa shape index (κ3) is 5.12. The largest absolute Gasteiger partial charge is 0.462 e. The van der Waals surface area contributed by atoms with Crippen molar-refractivity contribution in [3.8, 4) is 0 Å². The molecule has 0 bridgehead atoms. The third-order valence-corrected chi connectivity index (χ3v) is 6.49. The Morgan fingerprint density at radius 2 is 2.00 bits per heavy atom. The number of fused-ring (bicyclic) bond motifs is 1. The maximum Gasteiger partial charge on any atom is 0.355 e. The summed E-state index contributed by atoms with van der Waals surface area (Å²) in [5.74, 6) is -1.44. The summed E-state index contributed by atoms with van der Waals surface area (Å²) in [6.45, 7) is 5.58. The van der Waals surface area contributed by atoms with Crippen LogP contribution in [0.15, 0.2) is 5.10 Å². The molecule has 1 aromatic heterocycles. The molecule has 0 spiro atoms. The van der Waals surface area contributed by atoms with Crippen LogP contribution in [-0.4, -0.2) is 54.2 Å².